The summed E-state index contributed by atoms with van der Waals surface area (Å²) < 4.78 is 0. The van der Waals surface area contributed by atoms with Gasteiger partial charge in [-0.25, -0.2) is 0 Å². The van der Waals surface area contributed by atoms with Crippen LogP contribution in [0.25, 0.3) is 0 Å². The van der Waals surface area contributed by atoms with Gasteiger partial charge < -0.3 is 5.32 Å². The fourth-order valence-electron chi connectivity index (χ4n) is 5.44. The third kappa shape index (κ3) is 3.64. The molecule has 0 spiro atoms. The third-order valence-electron chi connectivity index (χ3n) is 6.31. The van der Waals surface area contributed by atoms with Gasteiger partial charge >= 0.3 is 0 Å². The van der Waals surface area contributed by atoms with E-state index in [0.29, 0.717) is 5.41 Å². The SMILES string of the molecule is CCCNC1CC2CCCC(C1)N2C1CCCC(C)(C)C1. The van der Waals surface area contributed by atoms with E-state index in [1.807, 2.05) is 0 Å². The molecule has 3 rings (SSSR count). The number of nitrogens with zero attached hydrogens (tertiary/aromatic N) is 1. The normalized spacial score (nSPS) is 40.1. The largest absolute Gasteiger partial charge is 0.314 e. The van der Waals surface area contributed by atoms with Gasteiger partial charge in [-0.05, 0) is 63.3 Å². The van der Waals surface area contributed by atoms with E-state index < -0.39 is 0 Å². The molecule has 1 aliphatic carbocycles. The second kappa shape index (κ2) is 6.58. The summed E-state index contributed by atoms with van der Waals surface area (Å²) in [6.07, 6.45) is 14.3. The molecule has 1 saturated carbocycles. The maximum atomic E-state index is 3.81. The molecule has 2 aliphatic heterocycles. The van der Waals surface area contributed by atoms with Gasteiger partial charge in [0.25, 0.3) is 0 Å². The summed E-state index contributed by atoms with van der Waals surface area (Å²) in [6, 6.07) is 3.45. The highest BCUT2D eigenvalue weighted by atomic mass is 15.2. The molecule has 0 radical (unpaired) electrons. The zero-order chi connectivity index (χ0) is 14.9. The Morgan fingerprint density at radius 1 is 1.00 bits per heavy atom. The van der Waals surface area contributed by atoms with Crippen molar-refractivity contribution < 1.29 is 0 Å². The van der Waals surface area contributed by atoms with Crippen LogP contribution >= 0.6 is 0 Å². The van der Waals surface area contributed by atoms with Crippen molar-refractivity contribution in [3.8, 4) is 0 Å². The number of piperidine rings is 2. The first kappa shape index (κ1) is 15.8. The van der Waals surface area contributed by atoms with Crippen molar-refractivity contribution in [2.75, 3.05) is 6.54 Å². The molecule has 3 atom stereocenters. The Labute approximate surface area is 132 Å². The van der Waals surface area contributed by atoms with Crippen molar-refractivity contribution in [3.63, 3.8) is 0 Å². The lowest BCUT2D eigenvalue weighted by atomic mass is 9.72. The van der Waals surface area contributed by atoms with E-state index in [0.717, 1.165) is 24.2 Å². The van der Waals surface area contributed by atoms with Crippen molar-refractivity contribution in [2.24, 2.45) is 5.41 Å². The second-order valence-corrected chi connectivity index (χ2v) is 8.72. The first-order valence-electron chi connectivity index (χ1n) is 9.60. The summed E-state index contributed by atoms with van der Waals surface area (Å²) in [7, 11) is 0. The molecule has 3 aliphatic rings. The molecule has 2 nitrogen and oxygen atoms in total. The van der Waals surface area contributed by atoms with Crippen LogP contribution in [0.3, 0.4) is 0 Å². The minimum absolute atomic E-state index is 0.578. The monoisotopic (exact) mass is 292 g/mol. The van der Waals surface area contributed by atoms with E-state index in [4.69, 9.17) is 0 Å². The Hall–Kier alpha value is -0.0800. The van der Waals surface area contributed by atoms with Gasteiger partial charge in [0.2, 0.25) is 0 Å². The molecule has 0 aromatic rings. The Morgan fingerprint density at radius 2 is 1.67 bits per heavy atom. The van der Waals surface area contributed by atoms with Crippen molar-refractivity contribution in [3.05, 3.63) is 0 Å². The number of hydrogen-bond acceptors (Lipinski definition) is 2. The van der Waals surface area contributed by atoms with Gasteiger partial charge in [0.05, 0.1) is 0 Å². The lowest BCUT2D eigenvalue weighted by molar-refractivity contribution is -0.0380. The minimum atomic E-state index is 0.578. The molecule has 0 aromatic heterocycles. The summed E-state index contributed by atoms with van der Waals surface area (Å²) in [5, 5.41) is 3.81. The van der Waals surface area contributed by atoms with Crippen molar-refractivity contribution in [1.29, 1.82) is 0 Å². The van der Waals surface area contributed by atoms with E-state index in [9.17, 15) is 0 Å². The second-order valence-electron chi connectivity index (χ2n) is 8.72. The molecule has 3 fully saturated rings. The van der Waals surface area contributed by atoms with Gasteiger partial charge in [-0.15, -0.1) is 0 Å². The van der Waals surface area contributed by atoms with E-state index in [-0.39, 0.29) is 0 Å². The fraction of sp³-hybridized carbons (Fsp3) is 1.00. The minimum Gasteiger partial charge on any atom is -0.314 e. The molecule has 122 valence electrons. The summed E-state index contributed by atoms with van der Waals surface area (Å²) in [5.41, 5.74) is 0.578. The van der Waals surface area contributed by atoms with Crippen molar-refractivity contribution >= 4 is 0 Å². The molecule has 2 heterocycles. The predicted octanol–water partition coefficient (Wildman–Crippen LogP) is 4.34. The Balaban J connectivity index is 1.66. The quantitative estimate of drug-likeness (QED) is 0.829. The molecule has 2 saturated heterocycles. The fourth-order valence-corrected chi connectivity index (χ4v) is 5.44. The highest BCUT2D eigenvalue weighted by molar-refractivity contribution is 4.99. The topological polar surface area (TPSA) is 15.3 Å². The van der Waals surface area contributed by atoms with Crippen molar-refractivity contribution in [2.45, 2.75) is 109 Å². The first-order chi connectivity index (χ1) is 10.1. The molecule has 21 heavy (non-hydrogen) atoms. The summed E-state index contributed by atoms with van der Waals surface area (Å²) >= 11 is 0. The van der Waals surface area contributed by atoms with Crippen LogP contribution in [-0.4, -0.2) is 35.6 Å². The Bertz CT molecular complexity index is 324. The van der Waals surface area contributed by atoms with Gasteiger partial charge in [0.15, 0.2) is 0 Å². The Morgan fingerprint density at radius 3 is 2.29 bits per heavy atom. The Kier molecular flexibility index (Phi) is 4.95. The lowest BCUT2D eigenvalue weighted by Gasteiger charge is -2.54. The molecule has 0 aromatic carbocycles. The van der Waals surface area contributed by atoms with Crippen LogP contribution in [0.2, 0.25) is 0 Å². The van der Waals surface area contributed by atoms with Crippen LogP contribution in [0.1, 0.15) is 85.0 Å². The molecule has 3 unspecified atom stereocenters. The predicted molar refractivity (Wildman–Crippen MR) is 90.6 cm³/mol. The van der Waals surface area contributed by atoms with Crippen LogP contribution in [0.5, 0.6) is 0 Å². The number of hydrogen-bond donors (Lipinski definition) is 1. The molecule has 0 amide bonds. The van der Waals surface area contributed by atoms with Crippen LogP contribution in [0, 0.1) is 5.41 Å². The van der Waals surface area contributed by atoms with Gasteiger partial charge in [-0.1, -0.05) is 33.6 Å². The first-order valence-corrected chi connectivity index (χ1v) is 9.60. The van der Waals surface area contributed by atoms with Gasteiger partial charge in [-0.3, -0.25) is 4.90 Å². The molecular weight excluding hydrogens is 256 g/mol. The smallest absolute Gasteiger partial charge is 0.0116 e. The molecule has 1 N–H and O–H groups in total. The van der Waals surface area contributed by atoms with Crippen molar-refractivity contribution in [1.82, 2.24) is 10.2 Å². The zero-order valence-corrected chi connectivity index (χ0v) is 14.5. The van der Waals surface area contributed by atoms with Gasteiger partial charge in [-0.2, -0.15) is 0 Å². The number of nitrogens with one attached hydrogen (secondary N) is 1. The van der Waals surface area contributed by atoms with Crippen LogP contribution in [-0.2, 0) is 0 Å². The number of fused-ring (bicyclic) bond motifs is 2. The van der Waals surface area contributed by atoms with Crippen LogP contribution < -0.4 is 5.32 Å². The van der Waals surface area contributed by atoms with E-state index in [1.165, 1.54) is 70.8 Å². The third-order valence-corrected chi connectivity index (χ3v) is 6.31. The maximum Gasteiger partial charge on any atom is 0.0116 e. The van der Waals surface area contributed by atoms with E-state index in [2.05, 4.69) is 31.0 Å². The molecular formula is C19H36N2. The highest BCUT2D eigenvalue weighted by Crippen LogP contribution is 2.43. The lowest BCUT2D eigenvalue weighted by Crippen LogP contribution is -2.60. The summed E-state index contributed by atoms with van der Waals surface area (Å²) in [4.78, 5) is 3.01. The standard InChI is InChI=1S/C19H36N2/c1-4-11-20-15-12-16-7-5-8-17(13-15)21(16)18-9-6-10-19(2,3)14-18/h15-18,20H,4-14H2,1-3H3. The highest BCUT2D eigenvalue weighted by Gasteiger charge is 2.43. The zero-order valence-electron chi connectivity index (χ0n) is 14.5. The molecule has 2 bridgehead atoms. The van der Waals surface area contributed by atoms with Crippen LogP contribution in [0.15, 0.2) is 0 Å². The average molecular weight is 293 g/mol. The van der Waals surface area contributed by atoms with Crippen LogP contribution in [0.4, 0.5) is 0 Å². The summed E-state index contributed by atoms with van der Waals surface area (Å²) in [6.45, 7) is 8.47. The summed E-state index contributed by atoms with van der Waals surface area (Å²) in [5.74, 6) is 0. The van der Waals surface area contributed by atoms with Gasteiger partial charge in [0.1, 0.15) is 0 Å². The van der Waals surface area contributed by atoms with E-state index in [1.54, 1.807) is 0 Å². The van der Waals surface area contributed by atoms with Gasteiger partial charge in [0, 0.05) is 24.2 Å². The average Bonchev–Trinajstić information content (AvgIpc) is 2.43. The molecule has 2 heteroatoms. The van der Waals surface area contributed by atoms with E-state index >= 15 is 0 Å². The maximum absolute atomic E-state index is 3.81. The number of rotatable bonds is 4.